The van der Waals surface area contributed by atoms with E-state index in [9.17, 15) is 13.2 Å². The molecule has 1 atom stereocenters. The van der Waals surface area contributed by atoms with Crippen molar-refractivity contribution in [2.45, 2.75) is 19.4 Å². The zero-order valence-corrected chi connectivity index (χ0v) is 16.6. The Labute approximate surface area is 160 Å². The maximum Gasteiger partial charge on any atom is 0.265 e. The minimum atomic E-state index is -3.33. The molecule has 0 aliphatic carbocycles. The molecule has 0 saturated heterocycles. The van der Waals surface area contributed by atoms with Crippen LogP contribution in [0.3, 0.4) is 0 Å². The number of methoxy groups -OCH3 is 1. The van der Waals surface area contributed by atoms with E-state index in [1.54, 1.807) is 42.5 Å². The minimum Gasteiger partial charge on any atom is -0.495 e. The molecule has 2 aromatic rings. The third-order valence-corrected chi connectivity index (χ3v) is 5.21. The van der Waals surface area contributed by atoms with E-state index in [2.05, 4.69) is 5.32 Å². The summed E-state index contributed by atoms with van der Waals surface area (Å²) in [5, 5.41) is 2.81. The highest BCUT2D eigenvalue weighted by molar-refractivity contribution is 7.92. The van der Waals surface area contributed by atoms with E-state index in [-0.39, 0.29) is 5.91 Å². The summed E-state index contributed by atoms with van der Waals surface area (Å²) >= 11 is 0. The van der Waals surface area contributed by atoms with Crippen LogP contribution in [-0.4, -0.2) is 40.8 Å². The van der Waals surface area contributed by atoms with Crippen LogP contribution in [0, 0.1) is 0 Å². The summed E-state index contributed by atoms with van der Waals surface area (Å²) in [6.45, 7) is 1.85. The Morgan fingerprint density at radius 3 is 2.33 bits per heavy atom. The van der Waals surface area contributed by atoms with Crippen LogP contribution in [0.4, 0.5) is 11.4 Å². The zero-order valence-electron chi connectivity index (χ0n) is 15.8. The fourth-order valence-electron chi connectivity index (χ4n) is 2.37. The number of nitrogens with zero attached hydrogens (tertiary/aromatic N) is 1. The first-order valence-electron chi connectivity index (χ1n) is 8.40. The van der Waals surface area contributed by atoms with Crippen molar-refractivity contribution >= 4 is 27.3 Å². The Hall–Kier alpha value is -2.74. The number of benzene rings is 2. The number of sulfonamides is 1. The summed E-state index contributed by atoms with van der Waals surface area (Å²) in [7, 11) is -0.326. The SMILES string of the molecule is CC[C@@H](Oc1ccc(N(C)S(C)(=O)=O)cc1)C(=O)Nc1ccccc1OC. The van der Waals surface area contributed by atoms with Crippen LogP contribution in [0.1, 0.15) is 13.3 Å². The van der Waals surface area contributed by atoms with E-state index in [0.717, 1.165) is 6.26 Å². The highest BCUT2D eigenvalue weighted by atomic mass is 32.2. The van der Waals surface area contributed by atoms with Gasteiger partial charge in [-0.25, -0.2) is 8.42 Å². The molecule has 27 heavy (non-hydrogen) atoms. The number of nitrogens with one attached hydrogen (secondary N) is 1. The van der Waals surface area contributed by atoms with Gasteiger partial charge in [0.1, 0.15) is 11.5 Å². The van der Waals surface area contributed by atoms with Gasteiger partial charge in [-0.15, -0.1) is 0 Å². The van der Waals surface area contributed by atoms with Crippen LogP contribution in [-0.2, 0) is 14.8 Å². The predicted octanol–water partition coefficient (Wildman–Crippen LogP) is 2.89. The molecular weight excluding hydrogens is 368 g/mol. The van der Waals surface area contributed by atoms with E-state index >= 15 is 0 Å². The van der Waals surface area contributed by atoms with Crippen molar-refractivity contribution in [3.63, 3.8) is 0 Å². The number of carbonyl (C=O) groups excluding carboxylic acids is 1. The number of rotatable bonds is 8. The lowest BCUT2D eigenvalue weighted by atomic mass is 10.2. The molecule has 7 nitrogen and oxygen atoms in total. The van der Waals surface area contributed by atoms with Gasteiger partial charge in [0.2, 0.25) is 10.0 Å². The second-order valence-electron chi connectivity index (χ2n) is 5.93. The van der Waals surface area contributed by atoms with Gasteiger partial charge in [0, 0.05) is 7.05 Å². The third-order valence-electron chi connectivity index (χ3n) is 4.00. The van der Waals surface area contributed by atoms with Gasteiger partial charge in [0.25, 0.3) is 5.91 Å². The molecule has 0 unspecified atom stereocenters. The number of amides is 1. The predicted molar refractivity (Wildman–Crippen MR) is 106 cm³/mol. The lowest BCUT2D eigenvalue weighted by molar-refractivity contribution is -0.122. The number of anilines is 2. The van der Waals surface area contributed by atoms with Crippen molar-refractivity contribution in [2.75, 3.05) is 30.0 Å². The highest BCUT2D eigenvalue weighted by Gasteiger charge is 2.20. The van der Waals surface area contributed by atoms with Crippen LogP contribution < -0.4 is 19.1 Å². The fraction of sp³-hybridized carbons (Fsp3) is 0.316. The molecule has 0 saturated carbocycles. The monoisotopic (exact) mass is 392 g/mol. The molecule has 0 fully saturated rings. The molecule has 0 aromatic heterocycles. The summed E-state index contributed by atoms with van der Waals surface area (Å²) in [5.74, 6) is 0.746. The summed E-state index contributed by atoms with van der Waals surface area (Å²) in [4.78, 5) is 12.5. The van der Waals surface area contributed by atoms with Crippen LogP contribution in [0.25, 0.3) is 0 Å². The fourth-order valence-corrected chi connectivity index (χ4v) is 2.88. The average Bonchev–Trinajstić information content (AvgIpc) is 2.65. The Balaban J connectivity index is 2.09. The molecular formula is C19H24N2O5S. The van der Waals surface area contributed by atoms with Crippen molar-refractivity contribution in [3.8, 4) is 11.5 Å². The zero-order chi connectivity index (χ0) is 20.0. The van der Waals surface area contributed by atoms with Crippen LogP contribution in [0.2, 0.25) is 0 Å². The Morgan fingerprint density at radius 2 is 1.78 bits per heavy atom. The van der Waals surface area contributed by atoms with Gasteiger partial charge in [0.05, 0.1) is 24.7 Å². The number of para-hydroxylation sites is 2. The molecule has 2 rings (SSSR count). The number of hydrogen-bond acceptors (Lipinski definition) is 5. The standard InChI is InChI=1S/C19H24N2O5S/c1-5-17(19(22)20-16-8-6-7-9-18(16)25-3)26-15-12-10-14(11-13-15)21(2)27(4,23)24/h6-13,17H,5H2,1-4H3,(H,20,22)/t17-/m1/s1. The third kappa shape index (κ3) is 5.37. The van der Waals surface area contributed by atoms with Gasteiger partial charge < -0.3 is 14.8 Å². The largest absolute Gasteiger partial charge is 0.495 e. The molecule has 0 heterocycles. The first kappa shape index (κ1) is 20.6. The van der Waals surface area contributed by atoms with Crippen molar-refractivity contribution in [3.05, 3.63) is 48.5 Å². The van der Waals surface area contributed by atoms with Gasteiger partial charge in [-0.2, -0.15) is 0 Å². The van der Waals surface area contributed by atoms with E-state index in [4.69, 9.17) is 9.47 Å². The van der Waals surface area contributed by atoms with Gasteiger partial charge in [-0.05, 0) is 42.8 Å². The molecule has 0 bridgehead atoms. The van der Waals surface area contributed by atoms with Gasteiger partial charge in [-0.3, -0.25) is 9.10 Å². The second kappa shape index (κ2) is 8.77. The number of hydrogen-bond donors (Lipinski definition) is 1. The maximum atomic E-state index is 12.5. The smallest absolute Gasteiger partial charge is 0.265 e. The van der Waals surface area contributed by atoms with E-state index in [0.29, 0.717) is 29.3 Å². The topological polar surface area (TPSA) is 84.9 Å². The number of carbonyl (C=O) groups is 1. The quantitative estimate of drug-likeness (QED) is 0.747. The summed E-state index contributed by atoms with van der Waals surface area (Å²) in [6, 6.07) is 13.6. The average molecular weight is 392 g/mol. The van der Waals surface area contributed by atoms with E-state index in [1.165, 1.54) is 18.5 Å². The second-order valence-corrected chi connectivity index (χ2v) is 7.94. The molecule has 8 heteroatoms. The molecule has 0 radical (unpaired) electrons. The minimum absolute atomic E-state index is 0.292. The molecule has 2 aromatic carbocycles. The van der Waals surface area contributed by atoms with Crippen LogP contribution in [0.15, 0.2) is 48.5 Å². The number of ether oxygens (including phenoxy) is 2. The van der Waals surface area contributed by atoms with Gasteiger partial charge in [0.15, 0.2) is 6.10 Å². The lowest BCUT2D eigenvalue weighted by Gasteiger charge is -2.20. The van der Waals surface area contributed by atoms with E-state index in [1.807, 2.05) is 13.0 Å². The Morgan fingerprint density at radius 1 is 1.15 bits per heavy atom. The van der Waals surface area contributed by atoms with Crippen molar-refractivity contribution in [2.24, 2.45) is 0 Å². The van der Waals surface area contributed by atoms with Gasteiger partial charge >= 0.3 is 0 Å². The summed E-state index contributed by atoms with van der Waals surface area (Å²) in [6.07, 6.45) is 0.895. The van der Waals surface area contributed by atoms with Crippen LogP contribution in [0.5, 0.6) is 11.5 Å². The van der Waals surface area contributed by atoms with Crippen molar-refractivity contribution in [1.29, 1.82) is 0 Å². The Kier molecular flexibility index (Phi) is 6.68. The summed E-state index contributed by atoms with van der Waals surface area (Å²) < 4.78 is 35.3. The Bertz CT molecular complexity index is 881. The first-order valence-corrected chi connectivity index (χ1v) is 10.3. The summed E-state index contributed by atoms with van der Waals surface area (Å²) in [5.41, 5.74) is 1.08. The van der Waals surface area contributed by atoms with E-state index < -0.39 is 16.1 Å². The molecule has 1 amide bonds. The molecule has 146 valence electrons. The highest BCUT2D eigenvalue weighted by Crippen LogP contribution is 2.25. The molecule has 0 spiro atoms. The lowest BCUT2D eigenvalue weighted by Crippen LogP contribution is -2.32. The molecule has 0 aliphatic heterocycles. The van der Waals surface area contributed by atoms with Crippen LogP contribution >= 0.6 is 0 Å². The van der Waals surface area contributed by atoms with Gasteiger partial charge in [-0.1, -0.05) is 19.1 Å². The maximum absolute atomic E-state index is 12.5. The van der Waals surface area contributed by atoms with Crippen molar-refractivity contribution in [1.82, 2.24) is 0 Å². The molecule has 0 aliphatic rings. The normalized spacial score (nSPS) is 12.1. The van der Waals surface area contributed by atoms with Crippen molar-refractivity contribution < 1.29 is 22.7 Å². The first-order chi connectivity index (χ1) is 12.8. The molecule has 1 N–H and O–H groups in total.